The summed E-state index contributed by atoms with van der Waals surface area (Å²) in [5.74, 6) is -0.672. The van der Waals surface area contributed by atoms with Crippen molar-refractivity contribution in [2.24, 2.45) is 11.7 Å². The largest absolute Gasteiger partial charge is 0.369 e. The van der Waals surface area contributed by atoms with Crippen LogP contribution in [-0.4, -0.2) is 29.8 Å². The smallest absolute Gasteiger partial charge is 0.223 e. The summed E-state index contributed by atoms with van der Waals surface area (Å²) in [6.07, 6.45) is 2.39. The summed E-state index contributed by atoms with van der Waals surface area (Å²) in [5.41, 5.74) is 6.56. The minimum atomic E-state index is -0.378. The number of carbonyl (C=O) groups is 2. The molecule has 1 aliphatic heterocycles. The minimum absolute atomic E-state index is 0.0361. The number of amides is 2. The zero-order chi connectivity index (χ0) is 14.3. The van der Waals surface area contributed by atoms with Crippen molar-refractivity contribution in [3.63, 3.8) is 0 Å². The minimum Gasteiger partial charge on any atom is -0.369 e. The predicted octanol–water partition coefficient (Wildman–Crippen LogP) is 1.71. The Bertz CT molecular complexity index is 551. The Morgan fingerprint density at radius 3 is 2.50 bits per heavy atom. The Balaban J connectivity index is 1.73. The van der Waals surface area contributed by atoms with E-state index in [1.807, 2.05) is 24.3 Å². The van der Waals surface area contributed by atoms with Crippen LogP contribution in [0.1, 0.15) is 24.8 Å². The number of benzene rings is 1. The van der Waals surface area contributed by atoms with E-state index in [1.165, 1.54) is 5.56 Å². The predicted molar refractivity (Wildman–Crippen MR) is 76.2 cm³/mol. The van der Waals surface area contributed by atoms with Gasteiger partial charge in [-0.2, -0.15) is 0 Å². The first kappa shape index (κ1) is 13.4. The molecule has 2 N–H and O–H groups in total. The van der Waals surface area contributed by atoms with E-state index in [-0.39, 0.29) is 29.6 Å². The molecule has 1 aromatic carbocycles. The Morgan fingerprint density at radius 1 is 1.35 bits per heavy atom. The molecule has 3 rings (SSSR count). The van der Waals surface area contributed by atoms with Gasteiger partial charge in [0.15, 0.2) is 0 Å². The highest BCUT2D eigenvalue weighted by atomic mass is 35.5. The Hall–Kier alpha value is -1.55. The van der Waals surface area contributed by atoms with E-state index in [2.05, 4.69) is 0 Å². The lowest BCUT2D eigenvalue weighted by Crippen LogP contribution is -2.35. The number of nitrogens with two attached hydrogens (primary N) is 1. The van der Waals surface area contributed by atoms with Crippen LogP contribution in [0.15, 0.2) is 24.3 Å². The molecule has 4 nitrogen and oxygen atoms in total. The van der Waals surface area contributed by atoms with E-state index >= 15 is 0 Å². The third-order valence-corrected chi connectivity index (χ3v) is 4.67. The maximum atomic E-state index is 12.0. The SMILES string of the molecule is NC(=O)C1CC(=O)N(CC2(c3ccc(Cl)cc3)CC2)C1. The molecule has 20 heavy (non-hydrogen) atoms. The lowest BCUT2D eigenvalue weighted by molar-refractivity contribution is -0.128. The van der Waals surface area contributed by atoms with Crippen LogP contribution in [0.4, 0.5) is 0 Å². The number of hydrogen-bond donors (Lipinski definition) is 1. The molecule has 2 amide bonds. The van der Waals surface area contributed by atoms with Crippen molar-refractivity contribution in [2.45, 2.75) is 24.7 Å². The van der Waals surface area contributed by atoms with Gasteiger partial charge in [-0.1, -0.05) is 23.7 Å². The summed E-state index contributed by atoms with van der Waals surface area (Å²) in [5, 5.41) is 0.718. The molecule has 0 bridgehead atoms. The van der Waals surface area contributed by atoms with Crippen molar-refractivity contribution in [1.29, 1.82) is 0 Å². The van der Waals surface area contributed by atoms with Crippen molar-refractivity contribution >= 4 is 23.4 Å². The van der Waals surface area contributed by atoms with Gasteiger partial charge in [0.25, 0.3) is 0 Å². The number of carbonyl (C=O) groups excluding carboxylic acids is 2. The normalized spacial score (nSPS) is 23.9. The highest BCUT2D eigenvalue weighted by molar-refractivity contribution is 6.30. The van der Waals surface area contributed by atoms with Crippen molar-refractivity contribution in [3.05, 3.63) is 34.9 Å². The number of rotatable bonds is 4. The maximum absolute atomic E-state index is 12.0. The average Bonchev–Trinajstić information content (AvgIpc) is 3.09. The third-order valence-electron chi connectivity index (χ3n) is 4.42. The average molecular weight is 293 g/mol. The van der Waals surface area contributed by atoms with Crippen LogP contribution in [0.2, 0.25) is 5.02 Å². The number of hydrogen-bond acceptors (Lipinski definition) is 2. The summed E-state index contributed by atoms with van der Waals surface area (Å²) in [4.78, 5) is 25.0. The molecule has 1 atom stereocenters. The summed E-state index contributed by atoms with van der Waals surface area (Å²) >= 11 is 5.91. The first-order chi connectivity index (χ1) is 9.50. The van der Waals surface area contributed by atoms with E-state index in [9.17, 15) is 9.59 Å². The molecule has 0 radical (unpaired) electrons. The third kappa shape index (κ3) is 2.40. The second-order valence-electron chi connectivity index (χ2n) is 5.86. The zero-order valence-corrected chi connectivity index (χ0v) is 11.9. The molecule has 1 unspecified atom stereocenters. The Kier molecular flexibility index (Phi) is 3.21. The second-order valence-corrected chi connectivity index (χ2v) is 6.30. The molecule has 0 spiro atoms. The van der Waals surface area contributed by atoms with Gasteiger partial charge in [-0.15, -0.1) is 0 Å². The van der Waals surface area contributed by atoms with Gasteiger partial charge in [0, 0.05) is 29.9 Å². The number of likely N-dealkylation sites (tertiary alicyclic amines) is 1. The monoisotopic (exact) mass is 292 g/mol. The fraction of sp³-hybridized carbons (Fsp3) is 0.467. The van der Waals surface area contributed by atoms with Crippen molar-refractivity contribution in [3.8, 4) is 0 Å². The van der Waals surface area contributed by atoms with Crippen LogP contribution >= 0.6 is 11.6 Å². The topological polar surface area (TPSA) is 63.4 Å². The quantitative estimate of drug-likeness (QED) is 0.918. The zero-order valence-electron chi connectivity index (χ0n) is 11.1. The van der Waals surface area contributed by atoms with Gasteiger partial charge in [0.2, 0.25) is 11.8 Å². The summed E-state index contributed by atoms with van der Waals surface area (Å²) in [6.45, 7) is 1.14. The van der Waals surface area contributed by atoms with Gasteiger partial charge in [0.05, 0.1) is 5.92 Å². The van der Waals surface area contributed by atoms with Gasteiger partial charge >= 0.3 is 0 Å². The Morgan fingerprint density at radius 2 is 2.00 bits per heavy atom. The van der Waals surface area contributed by atoms with Crippen LogP contribution in [0.3, 0.4) is 0 Å². The van der Waals surface area contributed by atoms with E-state index in [0.29, 0.717) is 13.1 Å². The number of halogens is 1. The van der Waals surface area contributed by atoms with E-state index in [0.717, 1.165) is 17.9 Å². The standard InChI is InChI=1S/C15H17ClN2O2/c16-12-3-1-11(2-4-12)15(5-6-15)9-18-8-10(14(17)20)7-13(18)19/h1-4,10H,5-9H2,(H2,17,20). The van der Waals surface area contributed by atoms with E-state index < -0.39 is 0 Å². The molecule has 1 saturated heterocycles. The van der Waals surface area contributed by atoms with Crippen LogP contribution in [0.5, 0.6) is 0 Å². The fourth-order valence-electron chi connectivity index (χ4n) is 2.97. The van der Waals surface area contributed by atoms with Gasteiger partial charge in [-0.3, -0.25) is 9.59 Å². The molecule has 1 heterocycles. The number of primary amides is 1. The molecule has 5 heteroatoms. The van der Waals surface area contributed by atoms with Gasteiger partial charge in [-0.05, 0) is 30.5 Å². The summed E-state index contributed by atoms with van der Waals surface area (Å²) < 4.78 is 0. The molecule has 1 aromatic rings. The van der Waals surface area contributed by atoms with Crippen LogP contribution < -0.4 is 5.73 Å². The molecule has 2 fully saturated rings. The highest BCUT2D eigenvalue weighted by Crippen LogP contribution is 2.49. The van der Waals surface area contributed by atoms with Crippen LogP contribution in [0, 0.1) is 5.92 Å². The van der Waals surface area contributed by atoms with Crippen LogP contribution in [-0.2, 0) is 15.0 Å². The molecule has 0 aromatic heterocycles. The maximum Gasteiger partial charge on any atom is 0.223 e. The van der Waals surface area contributed by atoms with Crippen LogP contribution in [0.25, 0.3) is 0 Å². The van der Waals surface area contributed by atoms with Gasteiger partial charge in [0.1, 0.15) is 0 Å². The lowest BCUT2D eigenvalue weighted by Gasteiger charge is -2.24. The fourth-order valence-corrected chi connectivity index (χ4v) is 3.10. The second kappa shape index (κ2) is 4.77. The number of nitrogens with zero attached hydrogens (tertiary/aromatic N) is 1. The first-order valence-corrected chi connectivity index (χ1v) is 7.21. The first-order valence-electron chi connectivity index (χ1n) is 6.83. The molecule has 1 aliphatic carbocycles. The molecular formula is C15H17ClN2O2. The van der Waals surface area contributed by atoms with E-state index in [1.54, 1.807) is 4.90 Å². The van der Waals surface area contributed by atoms with Crippen molar-refractivity contribution in [1.82, 2.24) is 4.90 Å². The summed E-state index contributed by atoms with van der Waals surface area (Å²) in [7, 11) is 0. The van der Waals surface area contributed by atoms with Gasteiger partial charge in [-0.25, -0.2) is 0 Å². The summed E-state index contributed by atoms with van der Waals surface area (Å²) in [6, 6.07) is 7.83. The lowest BCUT2D eigenvalue weighted by atomic mass is 9.95. The molecule has 1 saturated carbocycles. The van der Waals surface area contributed by atoms with Gasteiger partial charge < -0.3 is 10.6 Å². The molecular weight excluding hydrogens is 276 g/mol. The van der Waals surface area contributed by atoms with E-state index in [4.69, 9.17) is 17.3 Å². The molecule has 106 valence electrons. The van der Waals surface area contributed by atoms with Crippen molar-refractivity contribution < 1.29 is 9.59 Å². The highest BCUT2D eigenvalue weighted by Gasteiger charge is 2.48. The molecule has 2 aliphatic rings. The Labute approximate surface area is 122 Å². The van der Waals surface area contributed by atoms with Crippen molar-refractivity contribution in [2.75, 3.05) is 13.1 Å².